The van der Waals surface area contributed by atoms with Gasteiger partial charge in [0.2, 0.25) is 5.91 Å². The molecule has 10 heteroatoms. The van der Waals surface area contributed by atoms with Crippen molar-refractivity contribution >= 4 is 23.2 Å². The summed E-state index contributed by atoms with van der Waals surface area (Å²) in [7, 11) is 0. The third-order valence-corrected chi connectivity index (χ3v) is 6.21. The van der Waals surface area contributed by atoms with Crippen molar-refractivity contribution in [1.82, 2.24) is 4.90 Å². The normalized spacial score (nSPS) is 21.9. The van der Waals surface area contributed by atoms with Gasteiger partial charge >= 0.3 is 6.36 Å². The van der Waals surface area contributed by atoms with Gasteiger partial charge in [-0.15, -0.1) is 13.2 Å². The first-order chi connectivity index (χ1) is 16.1. The monoisotopic (exact) mass is 476 g/mol. The zero-order valence-corrected chi connectivity index (χ0v) is 19.0. The van der Waals surface area contributed by atoms with Gasteiger partial charge in [0.15, 0.2) is 5.96 Å². The summed E-state index contributed by atoms with van der Waals surface area (Å²) in [5.41, 5.74) is 8.50. The molecule has 1 fully saturated rings. The van der Waals surface area contributed by atoms with Crippen LogP contribution in [0.4, 0.5) is 24.5 Å². The maximum absolute atomic E-state index is 13.1. The number of ether oxygens (including phenoxy) is 2. The number of benzene rings is 2. The number of carbonyl (C=O) groups is 1. The Bertz CT molecular complexity index is 1080. The summed E-state index contributed by atoms with van der Waals surface area (Å²) in [5, 5.41) is 3.22. The average molecular weight is 476 g/mol. The van der Waals surface area contributed by atoms with Gasteiger partial charge in [-0.1, -0.05) is 12.1 Å². The molecule has 0 unspecified atom stereocenters. The van der Waals surface area contributed by atoms with Gasteiger partial charge in [0.1, 0.15) is 5.75 Å². The third-order valence-electron chi connectivity index (χ3n) is 6.21. The quantitative estimate of drug-likeness (QED) is 0.660. The summed E-state index contributed by atoms with van der Waals surface area (Å²) < 4.78 is 46.5. The van der Waals surface area contributed by atoms with Crippen molar-refractivity contribution in [3.63, 3.8) is 0 Å². The standard InChI is InChI=1S/C24H27F3N4O3/c1-15-19(23(2)14-21(32)31(22(28)30-23)17-10-12-33-13-11-17)4-3-5-20(15)29-16-6-8-18(9-7-16)34-24(25,26)27/h3-9,17,29H,10-14H2,1-2H3,(H2,28,30)/t23-/m0/s1. The van der Waals surface area contributed by atoms with Gasteiger partial charge in [-0.05, 0) is 68.1 Å². The Labute approximate surface area is 195 Å². The zero-order valence-electron chi connectivity index (χ0n) is 19.0. The van der Waals surface area contributed by atoms with Gasteiger partial charge in [-0.25, -0.2) is 4.99 Å². The number of nitrogens with one attached hydrogen (secondary N) is 1. The van der Waals surface area contributed by atoms with Gasteiger partial charge < -0.3 is 20.5 Å². The molecule has 2 aliphatic rings. The number of alkyl halides is 3. The molecule has 0 aliphatic carbocycles. The Morgan fingerprint density at radius 2 is 1.85 bits per heavy atom. The van der Waals surface area contributed by atoms with Crippen LogP contribution in [0, 0.1) is 6.92 Å². The van der Waals surface area contributed by atoms with Crippen LogP contribution in [0.15, 0.2) is 47.5 Å². The lowest BCUT2D eigenvalue weighted by atomic mass is 9.84. The minimum Gasteiger partial charge on any atom is -0.406 e. The van der Waals surface area contributed by atoms with Crippen molar-refractivity contribution in [3.8, 4) is 5.75 Å². The molecule has 0 saturated carbocycles. The average Bonchev–Trinajstić information content (AvgIpc) is 2.75. The van der Waals surface area contributed by atoms with E-state index in [4.69, 9.17) is 15.5 Å². The molecule has 0 bridgehead atoms. The van der Waals surface area contributed by atoms with Crippen molar-refractivity contribution < 1.29 is 27.4 Å². The van der Waals surface area contributed by atoms with Crippen LogP contribution in [-0.4, -0.2) is 42.4 Å². The van der Waals surface area contributed by atoms with Crippen LogP contribution in [0.3, 0.4) is 0 Å². The summed E-state index contributed by atoms with van der Waals surface area (Å²) in [6, 6.07) is 11.1. The minimum absolute atomic E-state index is 0.00653. The molecule has 0 aromatic heterocycles. The van der Waals surface area contributed by atoms with Crippen LogP contribution < -0.4 is 15.8 Å². The highest BCUT2D eigenvalue weighted by atomic mass is 19.4. The van der Waals surface area contributed by atoms with Crippen LogP contribution in [0.1, 0.15) is 37.3 Å². The molecule has 2 aliphatic heterocycles. The molecule has 2 heterocycles. The number of amides is 1. The molecular formula is C24H27F3N4O3. The topological polar surface area (TPSA) is 89.2 Å². The molecule has 34 heavy (non-hydrogen) atoms. The Morgan fingerprint density at radius 1 is 1.18 bits per heavy atom. The number of guanidine groups is 1. The van der Waals surface area contributed by atoms with Crippen LogP contribution in [0.5, 0.6) is 5.75 Å². The van der Waals surface area contributed by atoms with Crippen LogP contribution in [0.25, 0.3) is 0 Å². The van der Waals surface area contributed by atoms with E-state index in [1.165, 1.54) is 24.3 Å². The number of rotatable bonds is 5. The van der Waals surface area contributed by atoms with Crippen molar-refractivity contribution in [1.29, 1.82) is 0 Å². The third kappa shape index (κ3) is 5.11. The number of nitrogens with two attached hydrogens (primary N) is 1. The summed E-state index contributed by atoms with van der Waals surface area (Å²) >= 11 is 0. The number of halogens is 3. The van der Waals surface area contributed by atoms with E-state index in [0.29, 0.717) is 18.9 Å². The number of aliphatic imine (C=N–C) groups is 1. The van der Waals surface area contributed by atoms with Gasteiger partial charge in [0.05, 0.1) is 12.0 Å². The molecule has 182 valence electrons. The van der Waals surface area contributed by atoms with Crippen LogP contribution in [-0.2, 0) is 15.1 Å². The largest absolute Gasteiger partial charge is 0.573 e. The summed E-state index contributed by atoms with van der Waals surface area (Å²) in [6.45, 7) is 4.98. The molecule has 2 aromatic carbocycles. The summed E-state index contributed by atoms with van der Waals surface area (Å²) in [4.78, 5) is 19.5. The fraction of sp³-hybridized carbons (Fsp3) is 0.417. The SMILES string of the molecule is Cc1c(Nc2ccc(OC(F)(F)F)cc2)cccc1[C@]1(C)CC(=O)N(C2CCOCC2)C(N)=N1. The predicted octanol–water partition coefficient (Wildman–Crippen LogP) is 4.58. The van der Waals surface area contributed by atoms with Crippen molar-refractivity contribution in [2.45, 2.75) is 51.1 Å². The molecule has 1 atom stereocenters. The molecular weight excluding hydrogens is 449 g/mol. The smallest absolute Gasteiger partial charge is 0.406 e. The van der Waals surface area contributed by atoms with E-state index in [1.807, 2.05) is 32.0 Å². The second-order valence-corrected chi connectivity index (χ2v) is 8.70. The molecule has 1 saturated heterocycles. The molecule has 0 spiro atoms. The number of nitrogens with zero attached hydrogens (tertiary/aromatic N) is 2. The van der Waals surface area contributed by atoms with Crippen molar-refractivity contribution in [2.75, 3.05) is 18.5 Å². The number of carbonyl (C=O) groups excluding carboxylic acids is 1. The van der Waals surface area contributed by atoms with Crippen LogP contribution in [0.2, 0.25) is 0 Å². The molecule has 2 aromatic rings. The Balaban J connectivity index is 1.56. The highest BCUT2D eigenvalue weighted by Crippen LogP contribution is 2.39. The maximum atomic E-state index is 13.1. The zero-order chi connectivity index (χ0) is 24.5. The molecule has 4 rings (SSSR count). The second-order valence-electron chi connectivity index (χ2n) is 8.70. The van der Waals surface area contributed by atoms with Crippen molar-refractivity contribution in [3.05, 3.63) is 53.6 Å². The Morgan fingerprint density at radius 3 is 2.47 bits per heavy atom. The fourth-order valence-corrected chi connectivity index (χ4v) is 4.59. The minimum atomic E-state index is -4.74. The number of hydrogen-bond donors (Lipinski definition) is 2. The maximum Gasteiger partial charge on any atom is 0.573 e. The van der Waals surface area contributed by atoms with E-state index in [2.05, 4.69) is 10.1 Å². The van der Waals surface area contributed by atoms with E-state index in [1.54, 1.807) is 4.90 Å². The van der Waals surface area contributed by atoms with E-state index < -0.39 is 11.9 Å². The van der Waals surface area contributed by atoms with E-state index >= 15 is 0 Å². The lowest BCUT2D eigenvalue weighted by Gasteiger charge is -2.41. The van der Waals surface area contributed by atoms with Gasteiger partial charge in [-0.3, -0.25) is 9.69 Å². The molecule has 1 amide bonds. The van der Waals surface area contributed by atoms with E-state index in [-0.39, 0.29) is 30.1 Å². The highest BCUT2D eigenvalue weighted by molar-refractivity contribution is 5.99. The van der Waals surface area contributed by atoms with E-state index in [0.717, 1.165) is 29.7 Å². The summed E-state index contributed by atoms with van der Waals surface area (Å²) in [6.07, 6.45) is -3.11. The van der Waals surface area contributed by atoms with Gasteiger partial charge in [0, 0.05) is 30.6 Å². The first-order valence-corrected chi connectivity index (χ1v) is 11.0. The first-order valence-electron chi connectivity index (χ1n) is 11.0. The van der Waals surface area contributed by atoms with Crippen LogP contribution >= 0.6 is 0 Å². The van der Waals surface area contributed by atoms with Gasteiger partial charge in [0.25, 0.3) is 0 Å². The molecule has 7 nitrogen and oxygen atoms in total. The Hall–Kier alpha value is -3.27. The summed E-state index contributed by atoms with van der Waals surface area (Å²) in [5.74, 6) is -0.153. The highest BCUT2D eigenvalue weighted by Gasteiger charge is 2.41. The number of anilines is 2. The first kappa shape index (κ1) is 23.9. The van der Waals surface area contributed by atoms with Crippen molar-refractivity contribution in [2.24, 2.45) is 10.7 Å². The van der Waals surface area contributed by atoms with Gasteiger partial charge in [-0.2, -0.15) is 0 Å². The van der Waals surface area contributed by atoms with E-state index in [9.17, 15) is 18.0 Å². The fourth-order valence-electron chi connectivity index (χ4n) is 4.59. The number of hydrogen-bond acceptors (Lipinski definition) is 6. The lowest BCUT2D eigenvalue weighted by molar-refractivity contribution is -0.274. The lowest BCUT2D eigenvalue weighted by Crippen LogP contribution is -2.55. The molecule has 3 N–H and O–H groups in total. The predicted molar refractivity (Wildman–Crippen MR) is 122 cm³/mol. The Kier molecular flexibility index (Phi) is 6.44. The molecule has 0 radical (unpaired) electrons. The second kappa shape index (κ2) is 9.17.